The van der Waals surface area contributed by atoms with Gasteiger partial charge in [-0.25, -0.2) is 4.39 Å². The van der Waals surface area contributed by atoms with E-state index < -0.39 is 0 Å². The van der Waals surface area contributed by atoms with Crippen molar-refractivity contribution in [2.45, 2.75) is 12.2 Å². The summed E-state index contributed by atoms with van der Waals surface area (Å²) in [5, 5.41) is -0.157. The average molecular weight is 265 g/mol. The topological polar surface area (TPSA) is 20.3 Å². The standard InChI is InChI=1S/C14H16FNOS/c1-4-6-13(5-2)18-14(17)16(3)12-9-7-11(15)8-10-12/h4-10,13H,2H2,1,3H3/b6-4+. The second-order valence-corrected chi connectivity index (χ2v) is 4.77. The van der Waals surface area contributed by atoms with Gasteiger partial charge in [-0.3, -0.25) is 4.79 Å². The van der Waals surface area contributed by atoms with Gasteiger partial charge in [-0.2, -0.15) is 0 Å². The summed E-state index contributed by atoms with van der Waals surface area (Å²) < 4.78 is 12.8. The summed E-state index contributed by atoms with van der Waals surface area (Å²) in [4.78, 5) is 13.5. The van der Waals surface area contributed by atoms with E-state index in [2.05, 4.69) is 6.58 Å². The van der Waals surface area contributed by atoms with E-state index in [1.807, 2.05) is 19.1 Å². The van der Waals surface area contributed by atoms with Crippen LogP contribution in [0, 0.1) is 5.82 Å². The van der Waals surface area contributed by atoms with E-state index in [-0.39, 0.29) is 16.3 Å². The van der Waals surface area contributed by atoms with E-state index in [1.54, 1.807) is 25.3 Å². The van der Waals surface area contributed by atoms with Crippen LogP contribution < -0.4 is 4.90 Å². The number of carbonyl (C=O) groups excluding carboxylic acids is 1. The predicted molar refractivity (Wildman–Crippen MR) is 76.6 cm³/mol. The minimum atomic E-state index is -0.315. The van der Waals surface area contributed by atoms with Gasteiger partial charge in [0.05, 0.1) is 0 Å². The minimum absolute atomic E-state index is 0.0506. The highest BCUT2D eigenvalue weighted by atomic mass is 32.2. The molecule has 1 rings (SSSR count). The number of nitrogens with zero attached hydrogens (tertiary/aromatic N) is 1. The van der Waals surface area contributed by atoms with Crippen LogP contribution in [-0.2, 0) is 0 Å². The van der Waals surface area contributed by atoms with Gasteiger partial charge < -0.3 is 4.90 Å². The van der Waals surface area contributed by atoms with Crippen molar-refractivity contribution in [3.8, 4) is 0 Å². The molecule has 0 N–H and O–H groups in total. The molecule has 0 heterocycles. The Balaban J connectivity index is 2.71. The molecule has 0 radical (unpaired) electrons. The fourth-order valence-electron chi connectivity index (χ4n) is 1.32. The Morgan fingerprint density at radius 3 is 2.56 bits per heavy atom. The van der Waals surface area contributed by atoms with Crippen molar-refractivity contribution >= 4 is 22.7 Å². The van der Waals surface area contributed by atoms with E-state index in [1.165, 1.54) is 17.0 Å². The zero-order valence-electron chi connectivity index (χ0n) is 10.5. The molecule has 18 heavy (non-hydrogen) atoms. The quantitative estimate of drug-likeness (QED) is 0.759. The number of carbonyl (C=O) groups is 1. The Bertz CT molecular complexity index is 442. The number of allylic oxidation sites excluding steroid dienone is 1. The first-order valence-corrected chi connectivity index (χ1v) is 6.41. The smallest absolute Gasteiger partial charge is 0.286 e. The molecule has 1 atom stereocenters. The molecule has 1 unspecified atom stereocenters. The molecule has 0 saturated carbocycles. The lowest BCUT2D eigenvalue weighted by Crippen LogP contribution is -2.23. The fraction of sp³-hybridized carbons (Fsp3) is 0.214. The van der Waals surface area contributed by atoms with Crippen molar-refractivity contribution in [1.29, 1.82) is 0 Å². The van der Waals surface area contributed by atoms with Gasteiger partial charge in [0.15, 0.2) is 0 Å². The number of hydrogen-bond acceptors (Lipinski definition) is 2. The summed E-state index contributed by atoms with van der Waals surface area (Å²) in [6.45, 7) is 5.58. The Morgan fingerprint density at radius 1 is 1.44 bits per heavy atom. The molecule has 0 aliphatic rings. The third-order valence-electron chi connectivity index (χ3n) is 2.34. The summed E-state index contributed by atoms with van der Waals surface area (Å²) in [5.74, 6) is -0.315. The van der Waals surface area contributed by atoms with Gasteiger partial charge >= 0.3 is 0 Å². The highest BCUT2D eigenvalue weighted by Crippen LogP contribution is 2.22. The molecule has 1 aromatic rings. The van der Waals surface area contributed by atoms with Crippen molar-refractivity contribution in [3.05, 3.63) is 54.9 Å². The van der Waals surface area contributed by atoms with Gasteiger partial charge in [0.1, 0.15) is 5.82 Å². The highest BCUT2D eigenvalue weighted by Gasteiger charge is 2.14. The van der Waals surface area contributed by atoms with Gasteiger partial charge in [-0.15, -0.1) is 6.58 Å². The first kappa shape index (κ1) is 14.5. The minimum Gasteiger partial charge on any atom is -0.306 e. The molecule has 4 heteroatoms. The molecule has 0 aromatic heterocycles. The Labute approximate surface area is 111 Å². The van der Waals surface area contributed by atoms with Gasteiger partial charge in [0, 0.05) is 18.0 Å². The molecule has 0 aliphatic carbocycles. The third-order valence-corrected chi connectivity index (χ3v) is 3.44. The first-order chi connectivity index (χ1) is 8.58. The lowest BCUT2D eigenvalue weighted by molar-refractivity contribution is 0.266. The SMILES string of the molecule is C=CC(/C=C/C)SC(=O)N(C)c1ccc(F)cc1. The number of anilines is 1. The number of hydrogen-bond donors (Lipinski definition) is 0. The van der Waals surface area contributed by atoms with Gasteiger partial charge in [0.25, 0.3) is 5.24 Å². The van der Waals surface area contributed by atoms with Crippen molar-refractivity contribution in [2.24, 2.45) is 0 Å². The Hall–Kier alpha value is -1.55. The van der Waals surface area contributed by atoms with Gasteiger partial charge in [0.2, 0.25) is 0 Å². The molecule has 0 fully saturated rings. The van der Waals surface area contributed by atoms with Crippen molar-refractivity contribution in [1.82, 2.24) is 0 Å². The van der Waals surface area contributed by atoms with Crippen LogP contribution in [0.3, 0.4) is 0 Å². The third kappa shape index (κ3) is 4.04. The van der Waals surface area contributed by atoms with Gasteiger partial charge in [-0.1, -0.05) is 30.0 Å². The van der Waals surface area contributed by atoms with Crippen LogP contribution in [0.5, 0.6) is 0 Å². The van der Waals surface area contributed by atoms with Gasteiger partial charge in [-0.05, 0) is 31.2 Å². The fourth-order valence-corrected chi connectivity index (χ4v) is 2.15. The molecular formula is C14H16FNOS. The zero-order chi connectivity index (χ0) is 13.5. The normalized spacial score (nSPS) is 12.4. The highest BCUT2D eigenvalue weighted by molar-refractivity contribution is 8.14. The van der Waals surface area contributed by atoms with E-state index in [0.717, 1.165) is 11.8 Å². The molecule has 0 spiro atoms. The van der Waals surface area contributed by atoms with E-state index in [9.17, 15) is 9.18 Å². The van der Waals surface area contributed by atoms with Crippen LogP contribution in [-0.4, -0.2) is 17.5 Å². The van der Waals surface area contributed by atoms with E-state index in [4.69, 9.17) is 0 Å². The van der Waals surface area contributed by atoms with Crippen molar-refractivity contribution < 1.29 is 9.18 Å². The summed E-state index contributed by atoms with van der Waals surface area (Å²) in [7, 11) is 1.67. The predicted octanol–water partition coefficient (Wildman–Crippen LogP) is 4.25. The Morgan fingerprint density at radius 2 is 2.06 bits per heavy atom. The zero-order valence-corrected chi connectivity index (χ0v) is 11.3. The van der Waals surface area contributed by atoms with E-state index in [0.29, 0.717) is 5.69 Å². The summed E-state index contributed by atoms with van der Waals surface area (Å²) >= 11 is 1.16. The summed E-state index contributed by atoms with van der Waals surface area (Å²) in [5.41, 5.74) is 0.664. The summed E-state index contributed by atoms with van der Waals surface area (Å²) in [6.07, 6.45) is 5.49. The van der Waals surface area contributed by atoms with E-state index >= 15 is 0 Å². The van der Waals surface area contributed by atoms with Crippen LogP contribution in [0.15, 0.2) is 49.1 Å². The lowest BCUT2D eigenvalue weighted by atomic mass is 10.3. The molecule has 1 aromatic carbocycles. The van der Waals surface area contributed by atoms with Crippen molar-refractivity contribution in [2.75, 3.05) is 11.9 Å². The molecule has 0 saturated heterocycles. The summed E-state index contributed by atoms with van der Waals surface area (Å²) in [6, 6.07) is 5.82. The second-order valence-electron chi connectivity index (χ2n) is 3.65. The number of halogens is 1. The lowest BCUT2D eigenvalue weighted by Gasteiger charge is -2.18. The number of thioether (sulfide) groups is 1. The monoisotopic (exact) mass is 265 g/mol. The molecule has 0 bridgehead atoms. The number of benzene rings is 1. The molecule has 96 valence electrons. The number of amides is 1. The molecule has 0 aliphatic heterocycles. The molecular weight excluding hydrogens is 249 g/mol. The van der Waals surface area contributed by atoms with Crippen LogP contribution >= 0.6 is 11.8 Å². The van der Waals surface area contributed by atoms with Crippen LogP contribution in [0.4, 0.5) is 14.9 Å². The maximum atomic E-state index is 12.8. The van der Waals surface area contributed by atoms with Crippen LogP contribution in [0.1, 0.15) is 6.92 Å². The number of rotatable bonds is 4. The van der Waals surface area contributed by atoms with Crippen molar-refractivity contribution in [3.63, 3.8) is 0 Å². The van der Waals surface area contributed by atoms with Crippen LogP contribution in [0.25, 0.3) is 0 Å². The Kier molecular flexibility index (Phi) is 5.65. The molecule has 2 nitrogen and oxygen atoms in total. The maximum Gasteiger partial charge on any atom is 0.286 e. The first-order valence-electron chi connectivity index (χ1n) is 5.53. The largest absolute Gasteiger partial charge is 0.306 e. The maximum absolute atomic E-state index is 12.8. The molecule has 1 amide bonds. The second kappa shape index (κ2) is 7.01. The average Bonchev–Trinajstić information content (AvgIpc) is 2.38. The van der Waals surface area contributed by atoms with Crippen LogP contribution in [0.2, 0.25) is 0 Å².